The van der Waals surface area contributed by atoms with E-state index >= 15 is 0 Å². The maximum atomic E-state index is 14.3. The van der Waals surface area contributed by atoms with Gasteiger partial charge in [0, 0.05) is 29.5 Å². The fourth-order valence-electron chi connectivity index (χ4n) is 5.10. The Morgan fingerprint density at radius 1 is 1.06 bits per heavy atom. The first-order chi connectivity index (χ1) is 16.9. The van der Waals surface area contributed by atoms with Gasteiger partial charge in [0.05, 0.1) is 5.56 Å². The first-order valence-electron chi connectivity index (χ1n) is 11.9. The maximum Gasteiger partial charge on any atom is 0.335 e. The average molecular weight is 470 g/mol. The summed E-state index contributed by atoms with van der Waals surface area (Å²) in [5.41, 5.74) is 4.17. The number of fused-ring (bicyclic) bond motifs is 2. The zero-order chi connectivity index (χ0) is 24.5. The Morgan fingerprint density at radius 3 is 2.60 bits per heavy atom. The van der Waals surface area contributed by atoms with Crippen molar-refractivity contribution in [3.8, 4) is 5.75 Å². The third kappa shape index (κ3) is 4.52. The van der Waals surface area contributed by atoms with Crippen molar-refractivity contribution in [2.45, 2.75) is 38.3 Å². The summed E-state index contributed by atoms with van der Waals surface area (Å²) in [5, 5.41) is 14.7. The third-order valence-electron chi connectivity index (χ3n) is 7.00. The Hall–Kier alpha value is -3.70. The van der Waals surface area contributed by atoms with Crippen molar-refractivity contribution in [1.82, 2.24) is 5.32 Å². The molecule has 4 aromatic rings. The van der Waals surface area contributed by atoms with E-state index in [1.54, 1.807) is 12.1 Å². The Kier molecular flexibility index (Phi) is 6.27. The van der Waals surface area contributed by atoms with Crippen LogP contribution in [0, 0.1) is 12.7 Å². The van der Waals surface area contributed by atoms with E-state index in [-0.39, 0.29) is 23.9 Å². The molecule has 0 aliphatic carbocycles. The van der Waals surface area contributed by atoms with E-state index in [1.165, 1.54) is 6.07 Å². The van der Waals surface area contributed by atoms with Crippen molar-refractivity contribution in [1.29, 1.82) is 0 Å². The Labute approximate surface area is 204 Å². The molecule has 1 aliphatic rings. The Bertz CT molecular complexity index is 1400. The molecule has 0 aromatic heterocycles. The Balaban J connectivity index is 1.39. The Morgan fingerprint density at radius 2 is 1.80 bits per heavy atom. The van der Waals surface area contributed by atoms with Gasteiger partial charge < -0.3 is 15.2 Å². The van der Waals surface area contributed by atoms with Crippen LogP contribution in [0.15, 0.2) is 78.9 Å². The summed E-state index contributed by atoms with van der Waals surface area (Å²) in [6.07, 6.45) is 0.627. The molecule has 4 nitrogen and oxygen atoms in total. The molecule has 0 spiro atoms. The maximum absolute atomic E-state index is 14.3. The van der Waals surface area contributed by atoms with Crippen molar-refractivity contribution in [2.24, 2.45) is 0 Å². The fraction of sp³-hybridized carbons (Fsp3) is 0.233. The standard InChI is InChI=1S/C30H28FNO3/c1-18-11-12-20(15-26(18)30(33)34)27-16-21(35-29-10-6-5-9-25(27)29)17-32-19(2)22-13-14-28(31)24-8-4-3-7-23(22)24/h3-15,19,21,27,32H,16-17H2,1-2H3,(H,33,34)/t19?,21-,27+/m1/s1. The van der Waals surface area contributed by atoms with E-state index < -0.39 is 5.97 Å². The highest BCUT2D eigenvalue weighted by Gasteiger charge is 2.30. The predicted octanol–water partition coefficient (Wildman–Crippen LogP) is 6.62. The van der Waals surface area contributed by atoms with Gasteiger partial charge in [-0.1, -0.05) is 60.7 Å². The molecule has 0 saturated carbocycles. The topological polar surface area (TPSA) is 58.6 Å². The minimum Gasteiger partial charge on any atom is -0.489 e. The van der Waals surface area contributed by atoms with Gasteiger partial charge in [-0.05, 0) is 60.5 Å². The molecule has 178 valence electrons. The molecule has 0 amide bonds. The highest BCUT2D eigenvalue weighted by molar-refractivity contribution is 5.89. The zero-order valence-corrected chi connectivity index (χ0v) is 19.8. The minimum atomic E-state index is -0.914. The number of benzene rings is 4. The van der Waals surface area contributed by atoms with E-state index in [4.69, 9.17) is 4.74 Å². The number of hydrogen-bond acceptors (Lipinski definition) is 3. The van der Waals surface area contributed by atoms with Crippen LogP contribution >= 0.6 is 0 Å². The molecule has 5 rings (SSSR count). The van der Waals surface area contributed by atoms with Gasteiger partial charge in [0.2, 0.25) is 0 Å². The molecule has 35 heavy (non-hydrogen) atoms. The number of carboxylic acid groups (broad SMARTS) is 1. The van der Waals surface area contributed by atoms with Crippen LogP contribution in [0.1, 0.15) is 57.9 Å². The van der Waals surface area contributed by atoms with Crippen LogP contribution in [0.2, 0.25) is 0 Å². The third-order valence-corrected chi connectivity index (χ3v) is 7.00. The summed E-state index contributed by atoms with van der Waals surface area (Å²) < 4.78 is 20.6. The summed E-state index contributed by atoms with van der Waals surface area (Å²) >= 11 is 0. The van der Waals surface area contributed by atoms with Crippen molar-refractivity contribution in [2.75, 3.05) is 6.54 Å². The van der Waals surface area contributed by atoms with Gasteiger partial charge in [-0.25, -0.2) is 9.18 Å². The number of carboxylic acids is 1. The predicted molar refractivity (Wildman–Crippen MR) is 136 cm³/mol. The van der Waals surface area contributed by atoms with Gasteiger partial charge in [0.25, 0.3) is 0 Å². The van der Waals surface area contributed by atoms with E-state index in [2.05, 4.69) is 18.3 Å². The van der Waals surface area contributed by atoms with Crippen LogP contribution in [0.25, 0.3) is 10.8 Å². The number of ether oxygens (including phenoxy) is 1. The lowest BCUT2D eigenvalue weighted by atomic mass is 9.83. The molecule has 4 aromatic carbocycles. The summed E-state index contributed by atoms with van der Waals surface area (Å²) in [6, 6.07) is 24.6. The highest BCUT2D eigenvalue weighted by Crippen LogP contribution is 2.41. The second kappa shape index (κ2) is 9.51. The lowest BCUT2D eigenvalue weighted by molar-refractivity contribution is 0.0696. The fourth-order valence-corrected chi connectivity index (χ4v) is 5.10. The molecular weight excluding hydrogens is 441 g/mol. The van der Waals surface area contributed by atoms with Crippen molar-refractivity contribution in [3.05, 3.63) is 112 Å². The number of halogens is 1. The number of aromatic carboxylic acids is 1. The summed E-state index contributed by atoms with van der Waals surface area (Å²) in [7, 11) is 0. The van der Waals surface area contributed by atoms with Crippen molar-refractivity contribution < 1.29 is 19.0 Å². The number of nitrogens with one attached hydrogen (secondary N) is 1. The van der Waals surface area contributed by atoms with Crippen LogP contribution in [0.5, 0.6) is 5.75 Å². The molecule has 0 radical (unpaired) electrons. The molecule has 1 unspecified atom stereocenters. The largest absolute Gasteiger partial charge is 0.489 e. The summed E-state index contributed by atoms with van der Waals surface area (Å²) in [4.78, 5) is 11.7. The second-order valence-corrected chi connectivity index (χ2v) is 9.26. The minimum absolute atomic E-state index is 0.00212. The van der Waals surface area contributed by atoms with Gasteiger partial charge in [-0.15, -0.1) is 0 Å². The normalized spacial score (nSPS) is 18.0. The van der Waals surface area contributed by atoms with Gasteiger partial charge in [0.15, 0.2) is 0 Å². The number of aryl methyl sites for hydroxylation is 1. The quantitative estimate of drug-likeness (QED) is 0.333. The highest BCUT2D eigenvalue weighted by atomic mass is 19.1. The van der Waals surface area contributed by atoms with Crippen LogP contribution in [0.4, 0.5) is 4.39 Å². The van der Waals surface area contributed by atoms with Gasteiger partial charge in [-0.2, -0.15) is 0 Å². The van der Waals surface area contributed by atoms with E-state index in [0.717, 1.165) is 39.8 Å². The van der Waals surface area contributed by atoms with Crippen molar-refractivity contribution >= 4 is 16.7 Å². The average Bonchev–Trinajstić information content (AvgIpc) is 2.87. The summed E-state index contributed by atoms with van der Waals surface area (Å²) in [6.45, 7) is 4.50. The van der Waals surface area contributed by atoms with E-state index in [1.807, 2.05) is 61.5 Å². The van der Waals surface area contributed by atoms with Crippen LogP contribution in [0.3, 0.4) is 0 Å². The van der Waals surface area contributed by atoms with E-state index in [0.29, 0.717) is 17.5 Å². The monoisotopic (exact) mass is 469 g/mol. The molecule has 1 heterocycles. The van der Waals surface area contributed by atoms with Crippen molar-refractivity contribution in [3.63, 3.8) is 0 Å². The van der Waals surface area contributed by atoms with Gasteiger partial charge in [-0.3, -0.25) is 0 Å². The molecule has 2 N–H and O–H groups in total. The van der Waals surface area contributed by atoms with Gasteiger partial charge in [0.1, 0.15) is 17.7 Å². The molecule has 0 saturated heterocycles. The van der Waals surface area contributed by atoms with Gasteiger partial charge >= 0.3 is 5.97 Å². The SMILES string of the molecule is Cc1ccc([C@@H]2C[C@H](CNC(C)c3ccc(F)c4ccccc34)Oc3ccccc32)cc1C(=O)O. The van der Waals surface area contributed by atoms with Crippen LogP contribution in [-0.2, 0) is 0 Å². The molecular formula is C30H28FNO3. The lowest BCUT2D eigenvalue weighted by Crippen LogP contribution is -2.37. The molecule has 0 fully saturated rings. The lowest BCUT2D eigenvalue weighted by Gasteiger charge is -2.33. The molecule has 0 bridgehead atoms. The zero-order valence-electron chi connectivity index (χ0n) is 19.8. The molecule has 3 atom stereocenters. The first-order valence-corrected chi connectivity index (χ1v) is 11.9. The summed E-state index contributed by atoms with van der Waals surface area (Å²) in [5.74, 6) is -0.269. The number of carbonyl (C=O) groups is 1. The van der Waals surface area contributed by atoms with E-state index in [9.17, 15) is 14.3 Å². The molecule has 5 heteroatoms. The van der Waals surface area contributed by atoms with Crippen LogP contribution in [-0.4, -0.2) is 23.7 Å². The van der Waals surface area contributed by atoms with Crippen LogP contribution < -0.4 is 10.1 Å². The number of rotatable bonds is 6. The number of para-hydroxylation sites is 1. The smallest absolute Gasteiger partial charge is 0.335 e. The molecule has 1 aliphatic heterocycles. The first kappa shape index (κ1) is 23.1. The second-order valence-electron chi connectivity index (χ2n) is 9.26. The number of hydrogen-bond donors (Lipinski definition) is 2.